The van der Waals surface area contributed by atoms with E-state index in [4.69, 9.17) is 0 Å². The molecule has 0 amide bonds. The van der Waals surface area contributed by atoms with Crippen LogP contribution in [0.1, 0.15) is 18.1 Å². The van der Waals surface area contributed by atoms with Crippen molar-refractivity contribution in [3.63, 3.8) is 0 Å². The minimum Gasteiger partial charge on any atom is -0.392 e. The average Bonchev–Trinajstić information content (AvgIpc) is 2.30. The van der Waals surface area contributed by atoms with E-state index in [-0.39, 0.29) is 6.61 Å². The van der Waals surface area contributed by atoms with Gasteiger partial charge in [-0.1, -0.05) is 17.7 Å². The Balaban J connectivity index is 2.30. The van der Waals surface area contributed by atoms with Crippen molar-refractivity contribution in [1.29, 1.82) is 0 Å². The van der Waals surface area contributed by atoms with Crippen molar-refractivity contribution >= 4 is 5.69 Å². The zero-order valence-corrected chi connectivity index (χ0v) is 10.0. The molecule has 2 rings (SSSR count). The van der Waals surface area contributed by atoms with Gasteiger partial charge in [0.2, 0.25) is 0 Å². The van der Waals surface area contributed by atoms with Gasteiger partial charge in [-0.2, -0.15) is 0 Å². The van der Waals surface area contributed by atoms with Crippen molar-refractivity contribution in [2.24, 2.45) is 0 Å². The number of aliphatic hydroxyl groups excluding tert-OH is 1. The minimum absolute atomic E-state index is 0.119. The summed E-state index contributed by atoms with van der Waals surface area (Å²) in [4.78, 5) is 2.38. The molecule has 1 fully saturated rings. The lowest BCUT2D eigenvalue weighted by Crippen LogP contribution is -2.50. The summed E-state index contributed by atoms with van der Waals surface area (Å²) < 4.78 is 0. The van der Waals surface area contributed by atoms with Gasteiger partial charge < -0.3 is 15.3 Å². The summed E-state index contributed by atoms with van der Waals surface area (Å²) >= 11 is 0. The number of aryl methyl sites for hydroxylation is 1. The third kappa shape index (κ3) is 2.20. The number of benzene rings is 1. The Morgan fingerprint density at radius 2 is 2.31 bits per heavy atom. The van der Waals surface area contributed by atoms with E-state index in [0.717, 1.165) is 25.2 Å². The molecule has 0 aromatic heterocycles. The first-order chi connectivity index (χ1) is 7.72. The van der Waals surface area contributed by atoms with E-state index >= 15 is 0 Å². The molecule has 88 valence electrons. The number of piperazine rings is 1. The summed E-state index contributed by atoms with van der Waals surface area (Å²) in [6, 6.07) is 6.80. The van der Waals surface area contributed by atoms with Crippen LogP contribution in [0.15, 0.2) is 18.2 Å². The average molecular weight is 220 g/mol. The van der Waals surface area contributed by atoms with Gasteiger partial charge in [0.15, 0.2) is 0 Å². The van der Waals surface area contributed by atoms with Crippen molar-refractivity contribution in [2.45, 2.75) is 26.5 Å². The zero-order chi connectivity index (χ0) is 11.5. The first-order valence-electron chi connectivity index (χ1n) is 5.90. The Hall–Kier alpha value is -1.06. The molecule has 0 saturated carbocycles. The Labute approximate surface area is 97.1 Å². The van der Waals surface area contributed by atoms with Crippen LogP contribution >= 0.6 is 0 Å². The highest BCUT2D eigenvalue weighted by molar-refractivity contribution is 5.55. The fourth-order valence-corrected chi connectivity index (χ4v) is 2.32. The van der Waals surface area contributed by atoms with Gasteiger partial charge >= 0.3 is 0 Å². The fourth-order valence-electron chi connectivity index (χ4n) is 2.32. The molecule has 1 saturated heterocycles. The van der Waals surface area contributed by atoms with Crippen LogP contribution < -0.4 is 10.2 Å². The molecule has 0 aliphatic carbocycles. The van der Waals surface area contributed by atoms with Gasteiger partial charge in [-0.3, -0.25) is 0 Å². The summed E-state index contributed by atoms with van der Waals surface area (Å²) in [5, 5.41) is 12.8. The van der Waals surface area contributed by atoms with E-state index in [0.29, 0.717) is 6.04 Å². The molecular weight excluding hydrogens is 200 g/mol. The molecule has 0 bridgehead atoms. The number of aliphatic hydroxyl groups is 1. The first kappa shape index (κ1) is 11.4. The smallest absolute Gasteiger partial charge is 0.0702 e. The number of anilines is 1. The van der Waals surface area contributed by atoms with E-state index in [1.165, 1.54) is 11.3 Å². The molecule has 0 radical (unpaired) electrons. The highest BCUT2D eigenvalue weighted by Gasteiger charge is 2.20. The second-order valence-corrected chi connectivity index (χ2v) is 4.54. The van der Waals surface area contributed by atoms with Gasteiger partial charge in [-0.15, -0.1) is 0 Å². The Morgan fingerprint density at radius 1 is 1.50 bits per heavy atom. The molecule has 1 aromatic rings. The molecule has 16 heavy (non-hydrogen) atoms. The molecule has 0 spiro atoms. The second kappa shape index (κ2) is 4.85. The summed E-state index contributed by atoms with van der Waals surface area (Å²) in [6.07, 6.45) is 0. The minimum atomic E-state index is 0.119. The van der Waals surface area contributed by atoms with Crippen LogP contribution in [0, 0.1) is 6.92 Å². The number of nitrogens with one attached hydrogen (secondary N) is 1. The Kier molecular flexibility index (Phi) is 3.46. The molecular formula is C13H20N2O. The lowest BCUT2D eigenvalue weighted by Gasteiger charge is -2.37. The topological polar surface area (TPSA) is 35.5 Å². The van der Waals surface area contributed by atoms with Crippen LogP contribution in [0.25, 0.3) is 0 Å². The standard InChI is InChI=1S/C13H20N2O/c1-10-3-4-13(12(7-10)9-16)15-6-5-14-8-11(15)2/h3-4,7,11,14,16H,5-6,8-9H2,1-2H3/t11-/m0/s1. The predicted molar refractivity (Wildman–Crippen MR) is 66.8 cm³/mol. The van der Waals surface area contributed by atoms with Crippen LogP contribution in [-0.2, 0) is 6.61 Å². The molecule has 3 heteroatoms. The summed E-state index contributed by atoms with van der Waals surface area (Å²) in [5.74, 6) is 0. The van der Waals surface area contributed by atoms with Crippen LogP contribution in [0.4, 0.5) is 5.69 Å². The van der Waals surface area contributed by atoms with Gasteiger partial charge in [0, 0.05) is 36.9 Å². The molecule has 1 heterocycles. The van der Waals surface area contributed by atoms with E-state index in [1.54, 1.807) is 0 Å². The largest absolute Gasteiger partial charge is 0.392 e. The van der Waals surface area contributed by atoms with Crippen molar-refractivity contribution in [1.82, 2.24) is 5.32 Å². The highest BCUT2D eigenvalue weighted by Crippen LogP contribution is 2.24. The normalized spacial score (nSPS) is 21.2. The number of nitrogens with zero attached hydrogens (tertiary/aromatic N) is 1. The van der Waals surface area contributed by atoms with Crippen molar-refractivity contribution in [3.05, 3.63) is 29.3 Å². The number of rotatable bonds is 2. The van der Waals surface area contributed by atoms with Crippen molar-refractivity contribution in [2.75, 3.05) is 24.5 Å². The van der Waals surface area contributed by atoms with Gasteiger partial charge in [-0.25, -0.2) is 0 Å². The van der Waals surface area contributed by atoms with E-state index in [2.05, 4.69) is 42.3 Å². The third-order valence-corrected chi connectivity index (χ3v) is 3.22. The maximum atomic E-state index is 9.42. The fraction of sp³-hybridized carbons (Fsp3) is 0.538. The van der Waals surface area contributed by atoms with Crippen LogP contribution in [0.3, 0.4) is 0 Å². The lowest BCUT2D eigenvalue weighted by atomic mass is 10.1. The van der Waals surface area contributed by atoms with Crippen LogP contribution in [-0.4, -0.2) is 30.8 Å². The quantitative estimate of drug-likeness (QED) is 0.788. The number of hydrogen-bond donors (Lipinski definition) is 2. The second-order valence-electron chi connectivity index (χ2n) is 4.54. The van der Waals surface area contributed by atoms with Gasteiger partial charge in [0.25, 0.3) is 0 Å². The molecule has 1 atom stereocenters. The SMILES string of the molecule is Cc1ccc(N2CCNC[C@@H]2C)c(CO)c1. The maximum absolute atomic E-state index is 9.42. The third-order valence-electron chi connectivity index (χ3n) is 3.22. The Morgan fingerprint density at radius 3 is 3.00 bits per heavy atom. The van der Waals surface area contributed by atoms with Crippen molar-refractivity contribution in [3.8, 4) is 0 Å². The maximum Gasteiger partial charge on any atom is 0.0702 e. The van der Waals surface area contributed by atoms with Crippen molar-refractivity contribution < 1.29 is 5.11 Å². The first-order valence-corrected chi connectivity index (χ1v) is 5.90. The number of hydrogen-bond acceptors (Lipinski definition) is 3. The molecule has 2 N–H and O–H groups in total. The van der Waals surface area contributed by atoms with Gasteiger partial charge in [0.05, 0.1) is 6.61 Å². The molecule has 1 aromatic carbocycles. The summed E-state index contributed by atoms with van der Waals surface area (Å²) in [7, 11) is 0. The zero-order valence-electron chi connectivity index (χ0n) is 10.0. The van der Waals surface area contributed by atoms with Crippen LogP contribution in [0.2, 0.25) is 0 Å². The Bertz CT molecular complexity index is 365. The van der Waals surface area contributed by atoms with E-state index in [9.17, 15) is 5.11 Å². The summed E-state index contributed by atoms with van der Waals surface area (Å²) in [5.41, 5.74) is 3.42. The molecule has 1 aliphatic heterocycles. The molecule has 1 aliphatic rings. The van der Waals surface area contributed by atoms with Crippen LogP contribution in [0.5, 0.6) is 0 Å². The molecule has 3 nitrogen and oxygen atoms in total. The highest BCUT2D eigenvalue weighted by atomic mass is 16.3. The predicted octanol–water partition coefficient (Wildman–Crippen LogP) is 1.29. The van der Waals surface area contributed by atoms with Gasteiger partial charge in [0.1, 0.15) is 0 Å². The van der Waals surface area contributed by atoms with Gasteiger partial charge in [-0.05, 0) is 19.9 Å². The lowest BCUT2D eigenvalue weighted by molar-refractivity contribution is 0.281. The van der Waals surface area contributed by atoms with E-state index < -0.39 is 0 Å². The van der Waals surface area contributed by atoms with E-state index in [1.807, 2.05) is 0 Å². The monoisotopic (exact) mass is 220 g/mol. The summed E-state index contributed by atoms with van der Waals surface area (Å²) in [6.45, 7) is 7.43. The molecule has 0 unspecified atom stereocenters.